The van der Waals surface area contributed by atoms with Gasteiger partial charge in [-0.2, -0.15) is 0 Å². The van der Waals surface area contributed by atoms with Crippen LogP contribution in [-0.2, 0) is 6.54 Å². The van der Waals surface area contributed by atoms with Gasteiger partial charge in [0.2, 0.25) is 0 Å². The summed E-state index contributed by atoms with van der Waals surface area (Å²) in [6.45, 7) is 2.21. The van der Waals surface area contributed by atoms with Crippen LogP contribution in [-0.4, -0.2) is 10.2 Å². The quantitative estimate of drug-likeness (QED) is 0.524. The Kier molecular flexibility index (Phi) is 2.01. The van der Waals surface area contributed by atoms with Gasteiger partial charge in [0, 0.05) is 6.54 Å². The summed E-state index contributed by atoms with van der Waals surface area (Å²) in [5.74, 6) is -0.212. The normalized spacial score (nSPS) is 10.0. The summed E-state index contributed by atoms with van der Waals surface area (Å²) in [5, 5.41) is 18.1. The molecule has 0 fully saturated rings. The highest BCUT2D eigenvalue weighted by atomic mass is 16.3. The monoisotopic (exact) mass is 153 g/mol. The molecule has 0 amide bonds. The number of hydrogen-bond acceptors (Lipinski definition) is 3. The number of aryl methyl sites for hydroxylation is 1. The first-order chi connectivity index (χ1) is 5.15. The van der Waals surface area contributed by atoms with Gasteiger partial charge in [-0.25, -0.2) is 0 Å². The van der Waals surface area contributed by atoms with Crippen LogP contribution in [0.2, 0.25) is 0 Å². The Hall–Kier alpha value is -1.22. The maximum Gasteiger partial charge on any atom is 0.157 e. The Labute approximate surface area is 65.1 Å². The van der Waals surface area contributed by atoms with E-state index in [0.717, 1.165) is 11.1 Å². The first-order valence-electron chi connectivity index (χ1n) is 3.36. The van der Waals surface area contributed by atoms with Crippen LogP contribution in [0.1, 0.15) is 11.1 Å². The van der Waals surface area contributed by atoms with E-state index in [0.29, 0.717) is 6.54 Å². The van der Waals surface area contributed by atoms with Crippen LogP contribution in [0.15, 0.2) is 12.1 Å². The lowest BCUT2D eigenvalue weighted by molar-refractivity contribution is 0.402. The van der Waals surface area contributed by atoms with Gasteiger partial charge in [-0.15, -0.1) is 0 Å². The van der Waals surface area contributed by atoms with Gasteiger partial charge < -0.3 is 15.9 Å². The molecular formula is C8H11NO2. The van der Waals surface area contributed by atoms with Crippen LogP contribution in [0.3, 0.4) is 0 Å². The fourth-order valence-electron chi connectivity index (χ4n) is 0.944. The van der Waals surface area contributed by atoms with Crippen molar-refractivity contribution >= 4 is 0 Å². The number of aromatic hydroxyl groups is 2. The van der Waals surface area contributed by atoms with Crippen LogP contribution in [0.4, 0.5) is 0 Å². The standard InChI is InChI=1S/C8H11NO2/c1-5-2-7(10)8(11)3-6(5)4-9/h2-3,10-11H,4,9H2,1H3. The molecule has 0 unspecified atom stereocenters. The third-order valence-corrected chi connectivity index (χ3v) is 1.65. The molecule has 0 saturated carbocycles. The second kappa shape index (κ2) is 2.80. The number of phenols is 2. The van der Waals surface area contributed by atoms with Gasteiger partial charge >= 0.3 is 0 Å². The topological polar surface area (TPSA) is 66.5 Å². The molecule has 0 bridgehead atoms. The van der Waals surface area contributed by atoms with E-state index >= 15 is 0 Å². The average molecular weight is 153 g/mol. The summed E-state index contributed by atoms with van der Waals surface area (Å²) in [6, 6.07) is 2.97. The van der Waals surface area contributed by atoms with Crippen molar-refractivity contribution < 1.29 is 10.2 Å². The Morgan fingerprint density at radius 3 is 2.36 bits per heavy atom. The summed E-state index contributed by atoms with van der Waals surface area (Å²) in [5.41, 5.74) is 7.12. The smallest absolute Gasteiger partial charge is 0.157 e. The molecule has 0 aromatic heterocycles. The molecule has 0 spiro atoms. The summed E-state index contributed by atoms with van der Waals surface area (Å²) in [7, 11) is 0. The molecule has 0 aliphatic rings. The van der Waals surface area contributed by atoms with E-state index in [2.05, 4.69) is 0 Å². The minimum Gasteiger partial charge on any atom is -0.504 e. The van der Waals surface area contributed by atoms with E-state index in [1.807, 2.05) is 6.92 Å². The van der Waals surface area contributed by atoms with E-state index in [-0.39, 0.29) is 11.5 Å². The fourth-order valence-corrected chi connectivity index (χ4v) is 0.944. The predicted octanol–water partition coefficient (Wildman–Crippen LogP) is 0.865. The molecule has 0 radical (unpaired) electrons. The average Bonchev–Trinajstić information content (AvgIpc) is 1.97. The van der Waals surface area contributed by atoms with Crippen molar-refractivity contribution in [1.82, 2.24) is 0 Å². The molecule has 11 heavy (non-hydrogen) atoms. The molecule has 1 rings (SSSR count). The zero-order valence-electron chi connectivity index (χ0n) is 6.33. The molecule has 3 heteroatoms. The Balaban J connectivity index is 3.21. The van der Waals surface area contributed by atoms with Crippen LogP contribution in [0.5, 0.6) is 11.5 Å². The lowest BCUT2D eigenvalue weighted by Gasteiger charge is -2.04. The lowest BCUT2D eigenvalue weighted by atomic mass is 10.1. The van der Waals surface area contributed by atoms with Crippen molar-refractivity contribution in [3.05, 3.63) is 23.3 Å². The molecular weight excluding hydrogens is 142 g/mol. The van der Waals surface area contributed by atoms with Gasteiger partial charge in [0.05, 0.1) is 0 Å². The second-order valence-electron chi connectivity index (χ2n) is 2.47. The van der Waals surface area contributed by atoms with E-state index in [4.69, 9.17) is 15.9 Å². The number of rotatable bonds is 1. The lowest BCUT2D eigenvalue weighted by Crippen LogP contribution is -1.98. The summed E-state index contributed by atoms with van der Waals surface area (Å²) >= 11 is 0. The van der Waals surface area contributed by atoms with Gasteiger partial charge in [0.1, 0.15) is 0 Å². The Morgan fingerprint density at radius 1 is 1.27 bits per heavy atom. The van der Waals surface area contributed by atoms with Gasteiger partial charge in [-0.3, -0.25) is 0 Å². The minimum absolute atomic E-state index is 0.0975. The molecule has 4 N–H and O–H groups in total. The highest BCUT2D eigenvalue weighted by molar-refractivity contribution is 5.44. The molecule has 0 heterocycles. The number of benzene rings is 1. The minimum atomic E-state index is -0.115. The SMILES string of the molecule is Cc1cc(O)c(O)cc1CN. The third kappa shape index (κ3) is 1.43. The number of hydrogen-bond donors (Lipinski definition) is 3. The van der Waals surface area contributed by atoms with Crippen LogP contribution in [0, 0.1) is 6.92 Å². The Morgan fingerprint density at radius 2 is 1.82 bits per heavy atom. The zero-order chi connectivity index (χ0) is 8.43. The third-order valence-electron chi connectivity index (χ3n) is 1.65. The first kappa shape index (κ1) is 7.88. The number of nitrogens with two attached hydrogens (primary N) is 1. The Bertz CT molecular complexity index is 271. The summed E-state index contributed by atoms with van der Waals surface area (Å²) in [4.78, 5) is 0. The van der Waals surface area contributed by atoms with Crippen molar-refractivity contribution in [2.45, 2.75) is 13.5 Å². The molecule has 3 nitrogen and oxygen atoms in total. The maximum absolute atomic E-state index is 9.05. The fraction of sp³-hybridized carbons (Fsp3) is 0.250. The largest absolute Gasteiger partial charge is 0.504 e. The van der Waals surface area contributed by atoms with Crippen molar-refractivity contribution in [3.63, 3.8) is 0 Å². The molecule has 60 valence electrons. The highest BCUT2D eigenvalue weighted by Crippen LogP contribution is 2.27. The van der Waals surface area contributed by atoms with Gasteiger partial charge in [0.25, 0.3) is 0 Å². The van der Waals surface area contributed by atoms with Crippen LogP contribution in [0.25, 0.3) is 0 Å². The van der Waals surface area contributed by atoms with E-state index in [9.17, 15) is 0 Å². The summed E-state index contributed by atoms with van der Waals surface area (Å²) < 4.78 is 0. The van der Waals surface area contributed by atoms with Gasteiger partial charge in [0.15, 0.2) is 11.5 Å². The zero-order valence-corrected chi connectivity index (χ0v) is 6.33. The van der Waals surface area contributed by atoms with Crippen LogP contribution < -0.4 is 5.73 Å². The first-order valence-corrected chi connectivity index (χ1v) is 3.36. The van der Waals surface area contributed by atoms with Crippen molar-refractivity contribution in [1.29, 1.82) is 0 Å². The van der Waals surface area contributed by atoms with Crippen molar-refractivity contribution in [2.75, 3.05) is 0 Å². The molecule has 0 aliphatic heterocycles. The molecule has 0 atom stereocenters. The van der Waals surface area contributed by atoms with E-state index < -0.39 is 0 Å². The maximum atomic E-state index is 9.05. The predicted molar refractivity (Wildman–Crippen MR) is 42.4 cm³/mol. The number of phenolic OH excluding ortho intramolecular Hbond substituents is 2. The van der Waals surface area contributed by atoms with E-state index in [1.165, 1.54) is 12.1 Å². The van der Waals surface area contributed by atoms with Crippen molar-refractivity contribution in [3.8, 4) is 11.5 Å². The van der Waals surface area contributed by atoms with Gasteiger partial charge in [-0.05, 0) is 30.2 Å². The summed E-state index contributed by atoms with van der Waals surface area (Å²) in [6.07, 6.45) is 0. The van der Waals surface area contributed by atoms with Gasteiger partial charge in [-0.1, -0.05) is 0 Å². The highest BCUT2D eigenvalue weighted by Gasteiger charge is 2.02. The van der Waals surface area contributed by atoms with Crippen LogP contribution >= 0.6 is 0 Å². The second-order valence-corrected chi connectivity index (χ2v) is 2.47. The molecule has 1 aromatic rings. The van der Waals surface area contributed by atoms with E-state index in [1.54, 1.807) is 0 Å². The molecule has 1 aromatic carbocycles. The molecule has 0 aliphatic carbocycles. The molecule has 0 saturated heterocycles. The van der Waals surface area contributed by atoms with Crippen molar-refractivity contribution in [2.24, 2.45) is 5.73 Å².